The van der Waals surface area contributed by atoms with Gasteiger partial charge in [-0.2, -0.15) is 11.3 Å². The van der Waals surface area contributed by atoms with Gasteiger partial charge in [-0.3, -0.25) is 0 Å². The molecular formula is C10H7BrN2O2S. The maximum Gasteiger partial charge on any atom is 0.339 e. The summed E-state index contributed by atoms with van der Waals surface area (Å²) in [6.07, 6.45) is 1.56. The number of aromatic nitrogens is 1. The first-order valence-electron chi connectivity index (χ1n) is 4.35. The van der Waals surface area contributed by atoms with Gasteiger partial charge in [-0.15, -0.1) is 0 Å². The van der Waals surface area contributed by atoms with Crippen molar-refractivity contribution in [2.75, 3.05) is 5.32 Å². The Morgan fingerprint density at radius 1 is 1.56 bits per heavy atom. The van der Waals surface area contributed by atoms with Crippen LogP contribution in [0.2, 0.25) is 0 Å². The summed E-state index contributed by atoms with van der Waals surface area (Å²) in [5.74, 6) is -0.666. The lowest BCUT2D eigenvalue weighted by atomic mass is 10.2. The minimum atomic E-state index is -1.01. The van der Waals surface area contributed by atoms with Gasteiger partial charge in [-0.25, -0.2) is 9.78 Å². The number of hydrogen-bond donors (Lipinski definition) is 2. The molecule has 2 aromatic heterocycles. The van der Waals surface area contributed by atoms with Crippen LogP contribution in [0.15, 0.2) is 33.6 Å². The van der Waals surface area contributed by atoms with Crippen molar-refractivity contribution in [1.82, 2.24) is 4.98 Å². The predicted octanol–water partition coefficient (Wildman–Crippen LogP) is 3.35. The van der Waals surface area contributed by atoms with Crippen molar-refractivity contribution in [3.8, 4) is 0 Å². The molecule has 0 atom stereocenters. The Morgan fingerprint density at radius 2 is 2.38 bits per heavy atom. The van der Waals surface area contributed by atoms with Crippen LogP contribution in [0.1, 0.15) is 10.4 Å². The molecule has 82 valence electrons. The number of hydrogen-bond acceptors (Lipinski definition) is 4. The van der Waals surface area contributed by atoms with E-state index in [0.717, 1.165) is 5.69 Å². The van der Waals surface area contributed by atoms with Gasteiger partial charge in [0.2, 0.25) is 0 Å². The van der Waals surface area contributed by atoms with E-state index in [4.69, 9.17) is 5.11 Å². The lowest BCUT2D eigenvalue weighted by Crippen LogP contribution is -2.04. The summed E-state index contributed by atoms with van der Waals surface area (Å²) in [6, 6.07) is 3.38. The average molecular weight is 299 g/mol. The van der Waals surface area contributed by atoms with Crippen LogP contribution in [0.25, 0.3) is 0 Å². The van der Waals surface area contributed by atoms with Gasteiger partial charge in [0.05, 0.1) is 5.69 Å². The Labute approximate surface area is 104 Å². The van der Waals surface area contributed by atoms with E-state index in [-0.39, 0.29) is 5.56 Å². The molecule has 0 spiro atoms. The molecule has 2 N–H and O–H groups in total. The molecule has 2 aromatic rings. The van der Waals surface area contributed by atoms with Gasteiger partial charge >= 0.3 is 5.97 Å². The summed E-state index contributed by atoms with van der Waals surface area (Å²) in [6.45, 7) is 0. The normalized spacial score (nSPS) is 10.1. The van der Waals surface area contributed by atoms with E-state index in [2.05, 4.69) is 26.2 Å². The van der Waals surface area contributed by atoms with Gasteiger partial charge in [-0.05, 0) is 33.4 Å². The largest absolute Gasteiger partial charge is 0.478 e. The number of carbonyl (C=O) groups is 1. The second-order valence-electron chi connectivity index (χ2n) is 2.99. The Kier molecular flexibility index (Phi) is 3.21. The van der Waals surface area contributed by atoms with E-state index in [0.29, 0.717) is 10.3 Å². The third kappa shape index (κ3) is 2.40. The second kappa shape index (κ2) is 4.63. The predicted molar refractivity (Wildman–Crippen MR) is 66.5 cm³/mol. The molecule has 4 nitrogen and oxygen atoms in total. The zero-order chi connectivity index (χ0) is 11.5. The molecule has 0 amide bonds. The molecule has 2 heterocycles. The lowest BCUT2D eigenvalue weighted by Gasteiger charge is -2.06. The fourth-order valence-corrected chi connectivity index (χ4v) is 2.09. The van der Waals surface area contributed by atoms with Crippen molar-refractivity contribution in [3.05, 3.63) is 39.1 Å². The second-order valence-corrected chi connectivity index (χ2v) is 4.69. The van der Waals surface area contributed by atoms with Crippen LogP contribution < -0.4 is 5.32 Å². The van der Waals surface area contributed by atoms with Crippen LogP contribution in [0.4, 0.5) is 11.5 Å². The van der Waals surface area contributed by atoms with Crippen molar-refractivity contribution in [2.24, 2.45) is 0 Å². The number of thiophene rings is 1. The molecule has 0 unspecified atom stereocenters. The van der Waals surface area contributed by atoms with E-state index >= 15 is 0 Å². The smallest absolute Gasteiger partial charge is 0.339 e. The first-order valence-corrected chi connectivity index (χ1v) is 6.08. The van der Waals surface area contributed by atoms with E-state index in [9.17, 15) is 4.79 Å². The summed E-state index contributed by atoms with van der Waals surface area (Å²) < 4.78 is 0.640. The highest BCUT2D eigenvalue weighted by Gasteiger charge is 2.12. The number of anilines is 2. The first kappa shape index (κ1) is 11.1. The van der Waals surface area contributed by atoms with Gasteiger partial charge in [0.15, 0.2) is 0 Å². The van der Waals surface area contributed by atoms with E-state index < -0.39 is 5.97 Å². The topological polar surface area (TPSA) is 62.2 Å². The molecule has 0 aliphatic carbocycles. The molecule has 6 heteroatoms. The fraction of sp³-hybridized carbons (Fsp3) is 0. The van der Waals surface area contributed by atoms with E-state index in [1.165, 1.54) is 17.4 Å². The van der Waals surface area contributed by atoms with Crippen LogP contribution in [0.5, 0.6) is 0 Å². The third-order valence-electron chi connectivity index (χ3n) is 1.87. The highest BCUT2D eigenvalue weighted by molar-refractivity contribution is 9.10. The van der Waals surface area contributed by atoms with Crippen LogP contribution in [0.3, 0.4) is 0 Å². The number of nitrogens with one attached hydrogen (secondary N) is 1. The number of nitrogens with zero attached hydrogens (tertiary/aromatic N) is 1. The molecule has 0 aromatic carbocycles. The number of aromatic carboxylic acids is 1. The molecule has 0 saturated heterocycles. The Morgan fingerprint density at radius 3 is 3.00 bits per heavy atom. The molecule has 0 aliphatic rings. The number of halogens is 1. The quantitative estimate of drug-likeness (QED) is 0.912. The molecule has 2 rings (SSSR count). The summed E-state index contributed by atoms with van der Waals surface area (Å²) >= 11 is 4.72. The highest BCUT2D eigenvalue weighted by atomic mass is 79.9. The van der Waals surface area contributed by atoms with E-state index in [1.54, 1.807) is 6.20 Å². The lowest BCUT2D eigenvalue weighted by molar-refractivity contribution is 0.0697. The molecule has 16 heavy (non-hydrogen) atoms. The molecule has 0 fully saturated rings. The van der Waals surface area contributed by atoms with Crippen molar-refractivity contribution < 1.29 is 9.90 Å². The minimum absolute atomic E-state index is 0.139. The molecular weight excluding hydrogens is 292 g/mol. The van der Waals surface area contributed by atoms with Gasteiger partial charge in [0, 0.05) is 16.0 Å². The zero-order valence-electron chi connectivity index (χ0n) is 7.98. The fourth-order valence-electron chi connectivity index (χ4n) is 1.17. The summed E-state index contributed by atoms with van der Waals surface area (Å²) in [4.78, 5) is 15.0. The molecule has 0 radical (unpaired) electrons. The number of pyridine rings is 1. The minimum Gasteiger partial charge on any atom is -0.478 e. The number of rotatable bonds is 3. The van der Waals surface area contributed by atoms with Crippen molar-refractivity contribution in [1.29, 1.82) is 0 Å². The third-order valence-corrected chi connectivity index (χ3v) is 2.99. The summed E-state index contributed by atoms with van der Waals surface area (Å²) in [7, 11) is 0. The maximum absolute atomic E-state index is 11.0. The summed E-state index contributed by atoms with van der Waals surface area (Å²) in [5.41, 5.74) is 0.975. The highest BCUT2D eigenvalue weighted by Crippen LogP contribution is 2.23. The van der Waals surface area contributed by atoms with Crippen LogP contribution >= 0.6 is 27.3 Å². The SMILES string of the molecule is O=C(O)c1cc(Br)cnc1Nc1ccsc1. The zero-order valence-corrected chi connectivity index (χ0v) is 10.4. The first-order chi connectivity index (χ1) is 7.66. The van der Waals surface area contributed by atoms with Crippen LogP contribution in [0, 0.1) is 0 Å². The van der Waals surface area contributed by atoms with Crippen LogP contribution in [-0.2, 0) is 0 Å². The maximum atomic E-state index is 11.0. The van der Waals surface area contributed by atoms with Gasteiger partial charge in [-0.1, -0.05) is 0 Å². The van der Waals surface area contributed by atoms with Crippen molar-refractivity contribution >= 4 is 44.7 Å². The summed E-state index contributed by atoms with van der Waals surface area (Å²) in [5, 5.41) is 15.8. The Balaban J connectivity index is 2.36. The Bertz CT molecular complexity index is 514. The van der Waals surface area contributed by atoms with E-state index in [1.807, 2.05) is 16.8 Å². The van der Waals surface area contributed by atoms with Gasteiger partial charge < -0.3 is 10.4 Å². The van der Waals surface area contributed by atoms with Gasteiger partial charge in [0.1, 0.15) is 11.4 Å². The molecule has 0 aliphatic heterocycles. The molecule has 0 bridgehead atoms. The van der Waals surface area contributed by atoms with Crippen molar-refractivity contribution in [3.63, 3.8) is 0 Å². The van der Waals surface area contributed by atoms with Gasteiger partial charge in [0.25, 0.3) is 0 Å². The van der Waals surface area contributed by atoms with Crippen molar-refractivity contribution in [2.45, 2.75) is 0 Å². The Hall–Kier alpha value is -1.40. The number of carboxylic acid groups (broad SMARTS) is 1. The monoisotopic (exact) mass is 298 g/mol. The average Bonchev–Trinajstić information content (AvgIpc) is 2.73. The van der Waals surface area contributed by atoms with Crippen LogP contribution in [-0.4, -0.2) is 16.1 Å². The number of carboxylic acids is 1. The standard InChI is InChI=1S/C10H7BrN2O2S/c11-6-3-8(10(14)15)9(12-4-6)13-7-1-2-16-5-7/h1-5H,(H,12,13)(H,14,15). The molecule has 0 saturated carbocycles.